The van der Waals surface area contributed by atoms with Gasteiger partial charge in [-0.25, -0.2) is 0 Å². The summed E-state index contributed by atoms with van der Waals surface area (Å²) in [4.78, 5) is 49.3. The SMILES string of the molecule is CCOC(=O)CN1C(=O)CC(C[C@@H](O)C2C[C@@H](C)C[C@H](C)C2=O)CC1=O. The molecule has 146 valence electrons. The van der Waals surface area contributed by atoms with Crippen molar-refractivity contribution in [2.45, 2.75) is 59.0 Å². The third-order valence-corrected chi connectivity index (χ3v) is 5.42. The number of ether oxygens (including phenoxy) is 1. The van der Waals surface area contributed by atoms with Gasteiger partial charge in [-0.2, -0.15) is 0 Å². The van der Waals surface area contributed by atoms with E-state index in [9.17, 15) is 24.3 Å². The van der Waals surface area contributed by atoms with Crippen LogP contribution in [0.4, 0.5) is 0 Å². The smallest absolute Gasteiger partial charge is 0.326 e. The van der Waals surface area contributed by atoms with Gasteiger partial charge in [-0.15, -0.1) is 0 Å². The first kappa shape index (κ1) is 20.6. The predicted molar refractivity (Wildman–Crippen MR) is 92.8 cm³/mol. The fourth-order valence-corrected chi connectivity index (χ4v) is 4.19. The van der Waals surface area contributed by atoms with E-state index in [2.05, 4.69) is 6.92 Å². The Labute approximate surface area is 154 Å². The van der Waals surface area contributed by atoms with Crippen LogP contribution in [-0.4, -0.2) is 52.8 Å². The quantitative estimate of drug-likeness (QED) is 0.561. The Morgan fingerprint density at radius 3 is 2.38 bits per heavy atom. The molecule has 1 saturated carbocycles. The highest BCUT2D eigenvalue weighted by molar-refractivity contribution is 6.00. The number of rotatable bonds is 6. The van der Waals surface area contributed by atoms with Crippen LogP contribution in [0, 0.1) is 23.7 Å². The van der Waals surface area contributed by atoms with Crippen LogP contribution >= 0.6 is 0 Å². The number of ketones is 1. The molecule has 0 bridgehead atoms. The number of piperidine rings is 1. The van der Waals surface area contributed by atoms with Crippen LogP contribution in [0.2, 0.25) is 0 Å². The Bertz CT molecular complexity index is 556. The van der Waals surface area contributed by atoms with Gasteiger partial charge < -0.3 is 9.84 Å². The maximum absolute atomic E-state index is 12.4. The molecule has 0 aromatic carbocycles. The van der Waals surface area contributed by atoms with Crippen LogP contribution in [0.5, 0.6) is 0 Å². The van der Waals surface area contributed by atoms with E-state index in [0.717, 1.165) is 11.3 Å². The highest BCUT2D eigenvalue weighted by atomic mass is 16.5. The minimum absolute atomic E-state index is 0.0620. The molecule has 1 unspecified atom stereocenters. The molecule has 1 heterocycles. The number of aliphatic hydroxyl groups excluding tert-OH is 1. The number of aliphatic hydroxyl groups is 1. The van der Waals surface area contributed by atoms with Crippen molar-refractivity contribution in [3.63, 3.8) is 0 Å². The number of amides is 2. The molecule has 0 spiro atoms. The maximum Gasteiger partial charge on any atom is 0.326 e. The van der Waals surface area contributed by atoms with Crippen molar-refractivity contribution >= 4 is 23.6 Å². The van der Waals surface area contributed by atoms with Crippen LogP contribution in [0.15, 0.2) is 0 Å². The van der Waals surface area contributed by atoms with E-state index in [1.807, 2.05) is 6.92 Å². The van der Waals surface area contributed by atoms with Crippen LogP contribution in [0.1, 0.15) is 52.9 Å². The third kappa shape index (κ3) is 4.90. The molecule has 2 amide bonds. The molecule has 1 N–H and O–H groups in total. The zero-order chi connectivity index (χ0) is 19.4. The number of Topliss-reactive ketones (excluding diaryl/α,β-unsaturated/α-hetero) is 1. The van der Waals surface area contributed by atoms with Crippen molar-refractivity contribution < 1.29 is 29.0 Å². The molecule has 7 nitrogen and oxygen atoms in total. The van der Waals surface area contributed by atoms with Crippen molar-refractivity contribution in [3.8, 4) is 0 Å². The topological polar surface area (TPSA) is 101 Å². The number of carbonyl (C=O) groups is 4. The summed E-state index contributed by atoms with van der Waals surface area (Å²) in [5.74, 6) is -1.80. The fourth-order valence-electron chi connectivity index (χ4n) is 4.19. The van der Waals surface area contributed by atoms with Crippen molar-refractivity contribution in [2.75, 3.05) is 13.2 Å². The molecule has 0 aromatic rings. The van der Waals surface area contributed by atoms with Crippen molar-refractivity contribution in [2.24, 2.45) is 23.7 Å². The second-order valence-corrected chi connectivity index (χ2v) is 7.74. The molecule has 1 saturated heterocycles. The summed E-state index contributed by atoms with van der Waals surface area (Å²) >= 11 is 0. The Morgan fingerprint density at radius 1 is 1.19 bits per heavy atom. The van der Waals surface area contributed by atoms with Crippen molar-refractivity contribution in [1.82, 2.24) is 4.90 Å². The number of hydrogen-bond acceptors (Lipinski definition) is 6. The number of carbonyl (C=O) groups excluding carboxylic acids is 4. The third-order valence-electron chi connectivity index (χ3n) is 5.42. The number of nitrogens with zero attached hydrogens (tertiary/aromatic N) is 1. The molecule has 26 heavy (non-hydrogen) atoms. The highest BCUT2D eigenvalue weighted by Crippen LogP contribution is 2.35. The van der Waals surface area contributed by atoms with E-state index in [1.165, 1.54) is 0 Å². The zero-order valence-corrected chi connectivity index (χ0v) is 15.8. The van der Waals surface area contributed by atoms with E-state index in [0.29, 0.717) is 12.3 Å². The molecular weight excluding hydrogens is 338 g/mol. The lowest BCUT2D eigenvalue weighted by Crippen LogP contribution is -2.47. The van der Waals surface area contributed by atoms with Gasteiger partial charge in [0, 0.05) is 24.7 Å². The van der Waals surface area contributed by atoms with Gasteiger partial charge in [0.1, 0.15) is 12.3 Å². The van der Waals surface area contributed by atoms with Gasteiger partial charge in [-0.05, 0) is 38.0 Å². The fraction of sp³-hybridized carbons (Fsp3) is 0.789. The average molecular weight is 367 g/mol. The van der Waals surface area contributed by atoms with Crippen molar-refractivity contribution in [1.29, 1.82) is 0 Å². The Kier molecular flexibility index (Phi) is 6.92. The minimum atomic E-state index is -0.838. The monoisotopic (exact) mass is 367 g/mol. The molecule has 1 aliphatic carbocycles. The van der Waals surface area contributed by atoms with Crippen LogP contribution in [0.3, 0.4) is 0 Å². The summed E-state index contributed by atoms with van der Waals surface area (Å²) in [7, 11) is 0. The summed E-state index contributed by atoms with van der Waals surface area (Å²) in [6, 6.07) is 0. The number of likely N-dealkylation sites (tertiary alicyclic amines) is 1. The lowest BCUT2D eigenvalue weighted by molar-refractivity contribution is -0.159. The first-order chi connectivity index (χ1) is 12.2. The Balaban J connectivity index is 1.93. The average Bonchev–Trinajstić information content (AvgIpc) is 2.54. The van der Waals surface area contributed by atoms with E-state index in [1.54, 1.807) is 6.92 Å². The van der Waals surface area contributed by atoms with Crippen molar-refractivity contribution in [3.05, 3.63) is 0 Å². The van der Waals surface area contributed by atoms with Gasteiger partial charge in [-0.1, -0.05) is 13.8 Å². The molecular formula is C19H29NO6. The second-order valence-electron chi connectivity index (χ2n) is 7.74. The van der Waals surface area contributed by atoms with Gasteiger partial charge in [-0.3, -0.25) is 24.1 Å². The summed E-state index contributed by atoms with van der Waals surface area (Å²) < 4.78 is 4.78. The summed E-state index contributed by atoms with van der Waals surface area (Å²) in [6.07, 6.45) is 1.08. The van der Waals surface area contributed by atoms with E-state index in [-0.39, 0.29) is 50.0 Å². The number of imide groups is 1. The first-order valence-electron chi connectivity index (χ1n) is 9.43. The molecule has 2 aliphatic rings. The Morgan fingerprint density at radius 2 is 1.81 bits per heavy atom. The maximum atomic E-state index is 12.4. The molecule has 4 atom stereocenters. The summed E-state index contributed by atoms with van der Waals surface area (Å²) in [5.41, 5.74) is 0. The molecule has 2 rings (SSSR count). The van der Waals surface area contributed by atoms with Gasteiger partial charge in [0.15, 0.2) is 0 Å². The summed E-state index contributed by atoms with van der Waals surface area (Å²) in [6.45, 7) is 5.44. The normalized spacial score (nSPS) is 29.0. The number of esters is 1. The van der Waals surface area contributed by atoms with E-state index < -0.39 is 29.8 Å². The largest absolute Gasteiger partial charge is 0.465 e. The van der Waals surface area contributed by atoms with Crippen LogP contribution in [0.25, 0.3) is 0 Å². The predicted octanol–water partition coefficient (Wildman–Crippen LogP) is 1.32. The molecule has 0 aromatic heterocycles. The molecule has 1 aliphatic heterocycles. The molecule has 0 radical (unpaired) electrons. The first-order valence-corrected chi connectivity index (χ1v) is 9.43. The van der Waals surface area contributed by atoms with Gasteiger partial charge in [0.05, 0.1) is 12.7 Å². The van der Waals surface area contributed by atoms with Gasteiger partial charge in [0.2, 0.25) is 11.8 Å². The van der Waals surface area contributed by atoms with E-state index >= 15 is 0 Å². The minimum Gasteiger partial charge on any atom is -0.465 e. The lowest BCUT2D eigenvalue weighted by atomic mass is 9.71. The standard InChI is InChI=1S/C19H29NO6/c1-4-26-18(24)10-20-16(22)8-13(9-17(20)23)7-15(21)14-6-11(2)5-12(3)19(14)25/h11-15,21H,4-10H2,1-3H3/t11-,12-,14?,15+/m0/s1. The van der Waals surface area contributed by atoms with Crippen LogP contribution < -0.4 is 0 Å². The number of hydrogen-bond donors (Lipinski definition) is 1. The second kappa shape index (κ2) is 8.75. The van der Waals surface area contributed by atoms with Crippen LogP contribution in [-0.2, 0) is 23.9 Å². The van der Waals surface area contributed by atoms with Gasteiger partial charge >= 0.3 is 5.97 Å². The zero-order valence-electron chi connectivity index (χ0n) is 15.8. The van der Waals surface area contributed by atoms with Gasteiger partial charge in [0.25, 0.3) is 0 Å². The summed E-state index contributed by atoms with van der Waals surface area (Å²) in [5, 5.41) is 10.6. The van der Waals surface area contributed by atoms with E-state index in [4.69, 9.17) is 4.74 Å². The lowest BCUT2D eigenvalue weighted by Gasteiger charge is -2.35. The Hall–Kier alpha value is -1.76. The molecule has 7 heteroatoms. The molecule has 2 fully saturated rings. The highest BCUT2D eigenvalue weighted by Gasteiger charge is 2.40.